The normalized spacial score (nSPS) is 19.3. The molecule has 0 radical (unpaired) electrons. The average molecular weight is 468 g/mol. The van der Waals surface area contributed by atoms with Gasteiger partial charge in [0.25, 0.3) is 0 Å². The van der Waals surface area contributed by atoms with Crippen LogP contribution in [0.3, 0.4) is 0 Å². The number of rotatable bonds is 7. The number of nitrogens with zero attached hydrogens (tertiary/aromatic N) is 5. The van der Waals surface area contributed by atoms with E-state index in [1.165, 1.54) is 0 Å². The van der Waals surface area contributed by atoms with Gasteiger partial charge in [-0.05, 0) is 34.9 Å². The Morgan fingerprint density at radius 2 is 1.84 bits per heavy atom. The maximum Gasteiger partial charge on any atom is 0.242 e. The molecule has 148 valence electrons. The molecule has 8 heteroatoms. The van der Waals surface area contributed by atoms with Gasteiger partial charge in [0.15, 0.2) is 5.96 Å². The number of nitrogens with one attached hydrogen (secondary N) is 1. The Morgan fingerprint density at radius 3 is 2.40 bits per heavy atom. The van der Waals surface area contributed by atoms with E-state index in [1.807, 2.05) is 30.7 Å². The predicted octanol–water partition coefficient (Wildman–Crippen LogP) is 0.616. The van der Waals surface area contributed by atoms with Crippen molar-refractivity contribution in [3.63, 3.8) is 0 Å². The second-order valence-electron chi connectivity index (χ2n) is 6.51. The molecule has 0 aliphatic carbocycles. The van der Waals surface area contributed by atoms with E-state index in [4.69, 9.17) is 4.99 Å². The molecule has 0 bridgehead atoms. The fourth-order valence-corrected chi connectivity index (χ4v) is 2.91. The highest BCUT2D eigenvalue weighted by atomic mass is 127. The number of guanidine groups is 1. The van der Waals surface area contributed by atoms with Crippen LogP contribution in [0.5, 0.6) is 0 Å². The first-order chi connectivity index (χ1) is 11.4. The van der Waals surface area contributed by atoms with Gasteiger partial charge in [0.05, 0.1) is 13.1 Å². The molecule has 0 saturated carbocycles. The SMILES string of the molecule is CCNC(=NCC1CN(C)CCN1C)N(C)CC(=O)N(CC)CC.I. The minimum Gasteiger partial charge on any atom is -0.357 e. The van der Waals surface area contributed by atoms with Crippen LogP contribution in [-0.2, 0) is 4.79 Å². The number of halogens is 1. The van der Waals surface area contributed by atoms with E-state index in [2.05, 4.69) is 36.1 Å². The molecule has 25 heavy (non-hydrogen) atoms. The van der Waals surface area contributed by atoms with Crippen LogP contribution < -0.4 is 5.32 Å². The Balaban J connectivity index is 0.00000576. The highest BCUT2D eigenvalue weighted by Crippen LogP contribution is 2.06. The van der Waals surface area contributed by atoms with Gasteiger partial charge < -0.3 is 20.0 Å². The first-order valence-corrected chi connectivity index (χ1v) is 9.08. The smallest absolute Gasteiger partial charge is 0.242 e. The Hall–Kier alpha value is -0.610. The monoisotopic (exact) mass is 468 g/mol. The van der Waals surface area contributed by atoms with Gasteiger partial charge in [0, 0.05) is 52.4 Å². The van der Waals surface area contributed by atoms with Crippen molar-refractivity contribution in [2.45, 2.75) is 26.8 Å². The van der Waals surface area contributed by atoms with Crippen LogP contribution >= 0.6 is 24.0 Å². The first-order valence-electron chi connectivity index (χ1n) is 9.08. The summed E-state index contributed by atoms with van der Waals surface area (Å²) >= 11 is 0. The summed E-state index contributed by atoms with van der Waals surface area (Å²) in [7, 11) is 6.25. The van der Waals surface area contributed by atoms with E-state index in [-0.39, 0.29) is 29.9 Å². The maximum atomic E-state index is 12.3. The van der Waals surface area contributed by atoms with E-state index in [1.54, 1.807) is 0 Å². The highest BCUT2D eigenvalue weighted by Gasteiger charge is 2.22. The number of piperazine rings is 1. The molecule has 1 N–H and O–H groups in total. The number of amides is 1. The summed E-state index contributed by atoms with van der Waals surface area (Å²) in [4.78, 5) is 25.6. The Kier molecular flexibility index (Phi) is 12.4. The number of hydrogen-bond acceptors (Lipinski definition) is 4. The molecule has 1 aliphatic heterocycles. The third-order valence-electron chi connectivity index (χ3n) is 4.62. The van der Waals surface area contributed by atoms with Gasteiger partial charge in [-0.1, -0.05) is 0 Å². The van der Waals surface area contributed by atoms with Crippen molar-refractivity contribution in [2.75, 3.05) is 73.5 Å². The van der Waals surface area contributed by atoms with Crippen LogP contribution in [0.1, 0.15) is 20.8 Å². The number of carbonyl (C=O) groups excluding carboxylic acids is 1. The van der Waals surface area contributed by atoms with Crippen LogP contribution in [0, 0.1) is 0 Å². The lowest BCUT2D eigenvalue weighted by Crippen LogP contribution is -2.52. The highest BCUT2D eigenvalue weighted by molar-refractivity contribution is 14.0. The van der Waals surface area contributed by atoms with Crippen LogP contribution in [0.15, 0.2) is 4.99 Å². The third-order valence-corrected chi connectivity index (χ3v) is 4.62. The molecular weight excluding hydrogens is 431 g/mol. The molecule has 1 heterocycles. The molecule has 0 aromatic heterocycles. The van der Waals surface area contributed by atoms with Gasteiger partial charge in [-0.3, -0.25) is 14.7 Å². The summed E-state index contributed by atoms with van der Waals surface area (Å²) in [5.41, 5.74) is 0. The molecule has 1 fully saturated rings. The topological polar surface area (TPSA) is 54.4 Å². The molecule has 0 spiro atoms. The van der Waals surface area contributed by atoms with Crippen molar-refractivity contribution < 1.29 is 4.79 Å². The average Bonchev–Trinajstić information content (AvgIpc) is 2.55. The minimum atomic E-state index is 0. The van der Waals surface area contributed by atoms with E-state index < -0.39 is 0 Å². The predicted molar refractivity (Wildman–Crippen MR) is 116 cm³/mol. The van der Waals surface area contributed by atoms with Crippen molar-refractivity contribution in [1.29, 1.82) is 0 Å². The zero-order chi connectivity index (χ0) is 18.1. The van der Waals surface area contributed by atoms with Gasteiger partial charge in [-0.15, -0.1) is 24.0 Å². The minimum absolute atomic E-state index is 0. The molecule has 1 saturated heterocycles. The van der Waals surface area contributed by atoms with Crippen LogP contribution in [0.25, 0.3) is 0 Å². The van der Waals surface area contributed by atoms with Crippen molar-refractivity contribution in [3.05, 3.63) is 0 Å². The molecule has 0 aromatic rings. The zero-order valence-electron chi connectivity index (χ0n) is 16.8. The summed E-state index contributed by atoms with van der Waals surface area (Å²) in [6.45, 7) is 12.7. The van der Waals surface area contributed by atoms with E-state index >= 15 is 0 Å². The molecule has 1 aliphatic rings. The van der Waals surface area contributed by atoms with E-state index in [9.17, 15) is 4.79 Å². The van der Waals surface area contributed by atoms with Gasteiger partial charge in [-0.25, -0.2) is 0 Å². The fourth-order valence-electron chi connectivity index (χ4n) is 2.91. The molecule has 0 aromatic carbocycles. The lowest BCUT2D eigenvalue weighted by molar-refractivity contribution is -0.131. The molecular formula is C17H37IN6O. The lowest BCUT2D eigenvalue weighted by atomic mass is 10.2. The van der Waals surface area contributed by atoms with Crippen molar-refractivity contribution in [1.82, 2.24) is 24.9 Å². The zero-order valence-corrected chi connectivity index (χ0v) is 19.1. The number of likely N-dealkylation sites (N-methyl/N-ethyl adjacent to an activating group) is 4. The largest absolute Gasteiger partial charge is 0.357 e. The molecule has 1 atom stereocenters. The van der Waals surface area contributed by atoms with E-state index in [0.29, 0.717) is 12.6 Å². The molecule has 1 unspecified atom stereocenters. The molecule has 1 amide bonds. The standard InChI is InChI=1S/C17H36N6O.HI/c1-7-18-17(22(6)14-16(24)23(8-2)9-3)19-12-15-13-20(4)10-11-21(15)5;/h15H,7-14H2,1-6H3,(H,18,19);1H. The van der Waals surface area contributed by atoms with Gasteiger partial charge in [0.1, 0.15) is 0 Å². The quantitative estimate of drug-likeness (QED) is 0.337. The number of hydrogen-bond donors (Lipinski definition) is 1. The van der Waals surface area contributed by atoms with Gasteiger partial charge in [-0.2, -0.15) is 0 Å². The van der Waals surface area contributed by atoms with Crippen molar-refractivity contribution in [3.8, 4) is 0 Å². The summed E-state index contributed by atoms with van der Waals surface area (Å²) < 4.78 is 0. The second-order valence-corrected chi connectivity index (χ2v) is 6.51. The Morgan fingerprint density at radius 1 is 1.20 bits per heavy atom. The maximum absolute atomic E-state index is 12.3. The van der Waals surface area contributed by atoms with Crippen LogP contribution in [0.4, 0.5) is 0 Å². The lowest BCUT2D eigenvalue weighted by Gasteiger charge is -2.37. The summed E-state index contributed by atoms with van der Waals surface area (Å²) in [5.74, 6) is 0.947. The van der Waals surface area contributed by atoms with Gasteiger partial charge >= 0.3 is 0 Å². The number of aliphatic imine (C=N–C) groups is 1. The van der Waals surface area contributed by atoms with Gasteiger partial charge in [0.2, 0.25) is 5.91 Å². The van der Waals surface area contributed by atoms with Crippen molar-refractivity contribution >= 4 is 35.8 Å². The number of carbonyl (C=O) groups is 1. The molecule has 1 rings (SSSR count). The summed E-state index contributed by atoms with van der Waals surface area (Å²) in [6.07, 6.45) is 0. The Bertz CT molecular complexity index is 416. The summed E-state index contributed by atoms with van der Waals surface area (Å²) in [5, 5.41) is 3.30. The van der Waals surface area contributed by atoms with Crippen LogP contribution in [0.2, 0.25) is 0 Å². The second kappa shape index (κ2) is 12.7. The first kappa shape index (κ1) is 24.4. The third kappa shape index (κ3) is 8.08. The fraction of sp³-hybridized carbons (Fsp3) is 0.882. The van der Waals surface area contributed by atoms with E-state index in [0.717, 1.165) is 51.8 Å². The Labute approximate surface area is 170 Å². The molecule has 7 nitrogen and oxygen atoms in total. The summed E-state index contributed by atoms with van der Waals surface area (Å²) in [6, 6.07) is 0.421. The van der Waals surface area contributed by atoms with Crippen molar-refractivity contribution in [2.24, 2.45) is 4.99 Å². The van der Waals surface area contributed by atoms with Crippen LogP contribution in [-0.4, -0.2) is 111 Å².